The van der Waals surface area contributed by atoms with E-state index in [2.05, 4.69) is 16.9 Å². The maximum Gasteiger partial charge on any atom is 0.334 e. The summed E-state index contributed by atoms with van der Waals surface area (Å²) in [4.78, 5) is 28.7. The Labute approximate surface area is 122 Å². The van der Waals surface area contributed by atoms with E-state index in [9.17, 15) is 14.9 Å². The molecule has 6 nitrogen and oxygen atoms in total. The highest BCUT2D eigenvalue weighted by atomic mass is 16.6. The van der Waals surface area contributed by atoms with Gasteiger partial charge in [-0.15, -0.1) is 0 Å². The number of aryl methyl sites for hydroxylation is 1. The van der Waals surface area contributed by atoms with E-state index in [4.69, 9.17) is 0 Å². The number of unbranched alkanes of at least 4 members (excludes halogenated alkanes) is 2. The Morgan fingerprint density at radius 2 is 2.00 bits per heavy atom. The van der Waals surface area contributed by atoms with Crippen molar-refractivity contribution in [2.24, 2.45) is 0 Å². The summed E-state index contributed by atoms with van der Waals surface area (Å²) in [6.07, 6.45) is 7.00. The highest BCUT2D eigenvalue weighted by Crippen LogP contribution is 2.25. The second kappa shape index (κ2) is 6.78. The van der Waals surface area contributed by atoms with Crippen LogP contribution >= 0.6 is 0 Å². The molecule has 1 N–H and O–H groups in total. The minimum Gasteiger partial charge on any atom is -0.320 e. The van der Waals surface area contributed by atoms with Crippen molar-refractivity contribution in [3.05, 3.63) is 56.8 Å². The van der Waals surface area contributed by atoms with Gasteiger partial charge in [-0.05, 0) is 30.5 Å². The third-order valence-electron chi connectivity index (χ3n) is 3.32. The first kappa shape index (κ1) is 14.9. The van der Waals surface area contributed by atoms with Crippen molar-refractivity contribution in [3.63, 3.8) is 0 Å². The van der Waals surface area contributed by atoms with Gasteiger partial charge in [0.15, 0.2) is 0 Å². The van der Waals surface area contributed by atoms with Crippen molar-refractivity contribution in [2.75, 3.05) is 0 Å². The van der Waals surface area contributed by atoms with Crippen LogP contribution in [0, 0.1) is 10.1 Å². The first-order valence-electron chi connectivity index (χ1n) is 6.94. The van der Waals surface area contributed by atoms with Crippen molar-refractivity contribution in [3.8, 4) is 11.1 Å². The van der Waals surface area contributed by atoms with Crippen molar-refractivity contribution in [2.45, 2.75) is 32.6 Å². The number of hydrogen-bond acceptors (Lipinski definition) is 4. The molecule has 0 aliphatic rings. The molecule has 0 aromatic carbocycles. The minimum absolute atomic E-state index is 0.430. The number of rotatable bonds is 6. The van der Waals surface area contributed by atoms with Crippen LogP contribution in [0.2, 0.25) is 0 Å². The van der Waals surface area contributed by atoms with Gasteiger partial charge >= 0.3 is 11.2 Å². The zero-order valence-electron chi connectivity index (χ0n) is 11.8. The zero-order chi connectivity index (χ0) is 15.2. The summed E-state index contributed by atoms with van der Waals surface area (Å²) < 4.78 is 0. The topological polar surface area (TPSA) is 88.9 Å². The molecule has 0 atom stereocenters. The summed E-state index contributed by atoms with van der Waals surface area (Å²) in [5.41, 5.74) is 1.17. The number of H-pyrrole nitrogens is 1. The van der Waals surface area contributed by atoms with E-state index in [-0.39, 0.29) is 0 Å². The molecule has 0 spiro atoms. The Morgan fingerprint density at radius 1 is 1.29 bits per heavy atom. The van der Waals surface area contributed by atoms with E-state index >= 15 is 0 Å². The predicted octanol–water partition coefficient (Wildman–Crippen LogP) is 3.08. The van der Waals surface area contributed by atoms with Crippen LogP contribution in [0.25, 0.3) is 11.1 Å². The lowest BCUT2D eigenvalue weighted by atomic mass is 10.0. The summed E-state index contributed by atoms with van der Waals surface area (Å²) in [5, 5.41) is 11.0. The van der Waals surface area contributed by atoms with E-state index in [1.54, 1.807) is 24.5 Å². The summed E-state index contributed by atoms with van der Waals surface area (Å²) >= 11 is 0. The van der Waals surface area contributed by atoms with E-state index in [0.29, 0.717) is 12.0 Å². The maximum absolute atomic E-state index is 11.8. The van der Waals surface area contributed by atoms with Crippen LogP contribution in [0.4, 0.5) is 5.69 Å². The van der Waals surface area contributed by atoms with Gasteiger partial charge in [-0.25, -0.2) is 0 Å². The first-order valence-corrected chi connectivity index (χ1v) is 6.94. The molecule has 6 heteroatoms. The Bertz CT molecular complexity index is 680. The lowest BCUT2D eigenvalue weighted by molar-refractivity contribution is -0.386. The summed E-state index contributed by atoms with van der Waals surface area (Å²) in [5.74, 6) is 0. The fraction of sp³-hybridized carbons (Fsp3) is 0.333. The van der Waals surface area contributed by atoms with Crippen LogP contribution in [0.5, 0.6) is 0 Å². The summed E-state index contributed by atoms with van der Waals surface area (Å²) in [6.45, 7) is 2.10. The predicted molar refractivity (Wildman–Crippen MR) is 80.2 cm³/mol. The van der Waals surface area contributed by atoms with Gasteiger partial charge in [0.05, 0.1) is 4.92 Å². The van der Waals surface area contributed by atoms with E-state index in [0.717, 1.165) is 30.5 Å². The monoisotopic (exact) mass is 287 g/mol. The average molecular weight is 287 g/mol. The van der Waals surface area contributed by atoms with Gasteiger partial charge in [0, 0.05) is 29.7 Å². The zero-order valence-corrected chi connectivity index (χ0v) is 11.8. The molecule has 0 aliphatic carbocycles. The quantitative estimate of drug-likeness (QED) is 0.502. The molecule has 0 saturated carbocycles. The van der Waals surface area contributed by atoms with Gasteiger partial charge in [0.2, 0.25) is 0 Å². The van der Waals surface area contributed by atoms with Gasteiger partial charge in [-0.2, -0.15) is 0 Å². The van der Waals surface area contributed by atoms with E-state index < -0.39 is 16.2 Å². The summed E-state index contributed by atoms with van der Waals surface area (Å²) in [6, 6.07) is 4.91. The molecule has 21 heavy (non-hydrogen) atoms. The Hall–Kier alpha value is -2.50. The average Bonchev–Trinajstić information content (AvgIpc) is 2.48. The third kappa shape index (κ3) is 3.53. The molecule has 0 aliphatic heterocycles. The number of aromatic amines is 1. The van der Waals surface area contributed by atoms with Gasteiger partial charge in [-0.1, -0.05) is 19.8 Å². The first-order chi connectivity index (χ1) is 10.1. The molecular weight excluding hydrogens is 270 g/mol. The molecule has 110 valence electrons. The van der Waals surface area contributed by atoms with Crippen molar-refractivity contribution < 1.29 is 4.92 Å². The van der Waals surface area contributed by atoms with Gasteiger partial charge in [0.1, 0.15) is 0 Å². The van der Waals surface area contributed by atoms with Crippen LogP contribution in [0.3, 0.4) is 0 Å². The second-order valence-corrected chi connectivity index (χ2v) is 4.83. The Kier molecular flexibility index (Phi) is 4.81. The second-order valence-electron chi connectivity index (χ2n) is 4.83. The van der Waals surface area contributed by atoms with Crippen molar-refractivity contribution in [1.82, 2.24) is 9.97 Å². The molecule has 2 aromatic heterocycles. The lowest BCUT2D eigenvalue weighted by Gasteiger charge is -2.09. The van der Waals surface area contributed by atoms with Crippen LogP contribution in [0.1, 0.15) is 31.9 Å². The highest BCUT2D eigenvalue weighted by Gasteiger charge is 2.17. The van der Waals surface area contributed by atoms with Gasteiger partial charge in [-0.3, -0.25) is 19.9 Å². The SMILES string of the molecule is CCCCCc1[nH]c(=O)c([N+](=O)[O-])cc1-c1ccncc1. The normalized spacial score (nSPS) is 10.5. The fourth-order valence-corrected chi connectivity index (χ4v) is 2.23. The van der Waals surface area contributed by atoms with Crippen LogP contribution in [-0.2, 0) is 6.42 Å². The summed E-state index contributed by atoms with van der Waals surface area (Å²) in [7, 11) is 0. The molecular formula is C15H17N3O3. The maximum atomic E-state index is 11.8. The van der Waals surface area contributed by atoms with E-state index in [1.807, 2.05) is 0 Å². The Morgan fingerprint density at radius 3 is 2.62 bits per heavy atom. The molecule has 0 unspecified atom stereocenters. The largest absolute Gasteiger partial charge is 0.334 e. The number of pyridine rings is 2. The third-order valence-corrected chi connectivity index (χ3v) is 3.32. The lowest BCUT2D eigenvalue weighted by Crippen LogP contribution is -2.14. The molecule has 0 fully saturated rings. The number of hydrogen-bond donors (Lipinski definition) is 1. The van der Waals surface area contributed by atoms with Crippen molar-refractivity contribution >= 4 is 5.69 Å². The van der Waals surface area contributed by atoms with Crippen LogP contribution < -0.4 is 5.56 Å². The molecule has 2 heterocycles. The number of nitro groups is 1. The molecule has 2 aromatic rings. The smallest absolute Gasteiger partial charge is 0.320 e. The van der Waals surface area contributed by atoms with Crippen molar-refractivity contribution in [1.29, 1.82) is 0 Å². The molecule has 0 amide bonds. The standard InChI is InChI=1S/C15H17N3O3/c1-2-3-4-5-13-12(11-6-8-16-9-7-11)10-14(18(20)21)15(19)17-13/h6-10H,2-5H2,1H3,(H,17,19). The Balaban J connectivity index is 2.50. The molecule has 2 rings (SSSR count). The molecule has 0 saturated heterocycles. The van der Waals surface area contributed by atoms with Crippen LogP contribution in [0.15, 0.2) is 35.4 Å². The number of nitrogens with one attached hydrogen (secondary N) is 1. The van der Waals surface area contributed by atoms with Gasteiger partial charge < -0.3 is 4.98 Å². The van der Waals surface area contributed by atoms with Crippen LogP contribution in [-0.4, -0.2) is 14.9 Å². The minimum atomic E-state index is -0.653. The molecule has 0 bridgehead atoms. The highest BCUT2D eigenvalue weighted by molar-refractivity contribution is 5.67. The van der Waals surface area contributed by atoms with E-state index in [1.165, 1.54) is 6.07 Å². The van der Waals surface area contributed by atoms with Gasteiger partial charge in [0.25, 0.3) is 0 Å². The fourth-order valence-electron chi connectivity index (χ4n) is 2.23. The molecule has 0 radical (unpaired) electrons. The number of aromatic nitrogens is 2. The number of nitrogens with zero attached hydrogens (tertiary/aromatic N) is 2.